The van der Waals surface area contributed by atoms with E-state index in [0.29, 0.717) is 11.5 Å². The molecule has 2 bridgehead atoms. The van der Waals surface area contributed by atoms with Crippen LogP contribution in [0.1, 0.15) is 72.6 Å². The molecule has 0 aromatic heterocycles. The molecule has 0 saturated heterocycles. The van der Waals surface area contributed by atoms with Gasteiger partial charge < -0.3 is 5.32 Å². The van der Waals surface area contributed by atoms with Crippen LogP contribution in [0.5, 0.6) is 0 Å². The Morgan fingerprint density at radius 2 is 1.83 bits per heavy atom. The van der Waals surface area contributed by atoms with Crippen LogP contribution >= 0.6 is 0 Å². The van der Waals surface area contributed by atoms with E-state index in [0.717, 1.165) is 17.8 Å². The average Bonchev–Trinajstić information content (AvgIpc) is 2.96. The molecule has 3 unspecified atom stereocenters. The minimum atomic E-state index is 0.569. The maximum Gasteiger partial charge on any atom is 0.00106 e. The first-order valence-corrected chi connectivity index (χ1v) is 8.32. The van der Waals surface area contributed by atoms with Gasteiger partial charge in [0.1, 0.15) is 0 Å². The van der Waals surface area contributed by atoms with Crippen LogP contribution < -0.4 is 5.32 Å². The van der Waals surface area contributed by atoms with Crippen molar-refractivity contribution in [3.63, 3.8) is 0 Å². The summed E-state index contributed by atoms with van der Waals surface area (Å²) in [6.07, 6.45) is 10.4. The zero-order chi connectivity index (χ0) is 13.2. The number of hydrogen-bond donors (Lipinski definition) is 1. The summed E-state index contributed by atoms with van der Waals surface area (Å²) in [4.78, 5) is 0. The SMILES string of the molecule is CCC(CC)(CNC(C)C)CC1CC2CCC1C2. The van der Waals surface area contributed by atoms with Crippen molar-refractivity contribution in [2.75, 3.05) is 6.54 Å². The summed E-state index contributed by atoms with van der Waals surface area (Å²) in [5.74, 6) is 3.24. The molecule has 0 spiro atoms. The van der Waals surface area contributed by atoms with Gasteiger partial charge in [-0.1, -0.05) is 34.1 Å². The molecule has 2 fully saturated rings. The van der Waals surface area contributed by atoms with Crippen LogP contribution in [-0.4, -0.2) is 12.6 Å². The highest BCUT2D eigenvalue weighted by Crippen LogP contribution is 2.52. The number of fused-ring (bicyclic) bond motifs is 2. The fourth-order valence-corrected chi connectivity index (χ4v) is 4.46. The summed E-state index contributed by atoms with van der Waals surface area (Å²) in [6, 6.07) is 0.627. The summed E-state index contributed by atoms with van der Waals surface area (Å²) in [5, 5.41) is 3.71. The molecule has 1 heteroatoms. The molecule has 0 aliphatic heterocycles. The smallest absolute Gasteiger partial charge is 0.00106 e. The molecule has 18 heavy (non-hydrogen) atoms. The van der Waals surface area contributed by atoms with Crippen LogP contribution in [0.4, 0.5) is 0 Å². The van der Waals surface area contributed by atoms with E-state index in [1.165, 1.54) is 38.6 Å². The molecule has 2 aliphatic rings. The highest BCUT2D eigenvalue weighted by atomic mass is 14.9. The molecule has 1 nitrogen and oxygen atoms in total. The first kappa shape index (κ1) is 14.4. The van der Waals surface area contributed by atoms with Gasteiger partial charge in [0.2, 0.25) is 0 Å². The summed E-state index contributed by atoms with van der Waals surface area (Å²) in [5.41, 5.74) is 0.569. The largest absolute Gasteiger partial charge is 0.314 e. The molecule has 0 heterocycles. The second kappa shape index (κ2) is 5.94. The predicted molar refractivity (Wildman–Crippen MR) is 79.7 cm³/mol. The van der Waals surface area contributed by atoms with Crippen molar-refractivity contribution in [2.24, 2.45) is 23.2 Å². The Balaban J connectivity index is 1.92. The highest BCUT2D eigenvalue weighted by molar-refractivity contribution is 4.94. The van der Waals surface area contributed by atoms with Crippen molar-refractivity contribution in [2.45, 2.75) is 78.7 Å². The van der Waals surface area contributed by atoms with Crippen LogP contribution in [0.15, 0.2) is 0 Å². The van der Waals surface area contributed by atoms with Crippen molar-refractivity contribution in [3.05, 3.63) is 0 Å². The second-order valence-electron chi connectivity index (χ2n) is 7.38. The number of rotatable bonds is 7. The van der Waals surface area contributed by atoms with E-state index in [1.807, 2.05) is 0 Å². The topological polar surface area (TPSA) is 12.0 Å². The standard InChI is InChI=1S/C17H33N/c1-5-17(6-2,12-18-13(3)4)11-16-10-14-7-8-15(16)9-14/h13-16,18H,5-12H2,1-4H3. The Labute approximate surface area is 114 Å². The Bertz CT molecular complexity index is 254. The van der Waals surface area contributed by atoms with E-state index in [-0.39, 0.29) is 0 Å². The molecule has 0 aromatic carbocycles. The molecular weight excluding hydrogens is 218 g/mol. The zero-order valence-corrected chi connectivity index (χ0v) is 13.0. The van der Waals surface area contributed by atoms with Gasteiger partial charge in [-0.05, 0) is 61.7 Å². The van der Waals surface area contributed by atoms with Crippen molar-refractivity contribution in [1.82, 2.24) is 5.32 Å². The lowest BCUT2D eigenvalue weighted by Crippen LogP contribution is -2.39. The predicted octanol–water partition coefficient (Wildman–Crippen LogP) is 4.62. The van der Waals surface area contributed by atoms with Crippen molar-refractivity contribution >= 4 is 0 Å². The Hall–Kier alpha value is -0.0400. The van der Waals surface area contributed by atoms with Crippen LogP contribution in [0.3, 0.4) is 0 Å². The van der Waals surface area contributed by atoms with Crippen molar-refractivity contribution in [1.29, 1.82) is 0 Å². The minimum Gasteiger partial charge on any atom is -0.314 e. The molecule has 2 saturated carbocycles. The Kier molecular flexibility index (Phi) is 4.75. The third kappa shape index (κ3) is 3.10. The molecule has 0 aromatic rings. The zero-order valence-electron chi connectivity index (χ0n) is 13.0. The molecular formula is C17H33N. The van der Waals surface area contributed by atoms with Gasteiger partial charge in [0.25, 0.3) is 0 Å². The number of nitrogens with one attached hydrogen (secondary N) is 1. The first-order chi connectivity index (χ1) is 8.58. The Morgan fingerprint density at radius 3 is 2.28 bits per heavy atom. The van der Waals surface area contributed by atoms with E-state index in [2.05, 4.69) is 33.0 Å². The fourth-order valence-electron chi connectivity index (χ4n) is 4.46. The van der Waals surface area contributed by atoms with Crippen LogP contribution in [0, 0.1) is 23.2 Å². The van der Waals surface area contributed by atoms with Gasteiger partial charge in [-0.2, -0.15) is 0 Å². The Morgan fingerprint density at radius 1 is 1.11 bits per heavy atom. The van der Waals surface area contributed by atoms with Crippen LogP contribution in [0.25, 0.3) is 0 Å². The maximum atomic E-state index is 3.71. The van der Waals surface area contributed by atoms with E-state index in [4.69, 9.17) is 0 Å². The van der Waals surface area contributed by atoms with E-state index in [1.54, 1.807) is 12.8 Å². The normalized spacial score (nSPS) is 31.5. The third-order valence-corrected chi connectivity index (χ3v) is 5.97. The first-order valence-electron chi connectivity index (χ1n) is 8.32. The third-order valence-electron chi connectivity index (χ3n) is 5.97. The summed E-state index contributed by atoms with van der Waals surface area (Å²) in [7, 11) is 0. The molecule has 0 amide bonds. The monoisotopic (exact) mass is 251 g/mol. The van der Waals surface area contributed by atoms with Crippen molar-refractivity contribution < 1.29 is 0 Å². The van der Waals surface area contributed by atoms with E-state index < -0.39 is 0 Å². The molecule has 2 rings (SSSR count). The molecule has 1 N–H and O–H groups in total. The fraction of sp³-hybridized carbons (Fsp3) is 1.00. The van der Waals surface area contributed by atoms with Gasteiger partial charge in [0.15, 0.2) is 0 Å². The lowest BCUT2D eigenvalue weighted by Gasteiger charge is -2.38. The minimum absolute atomic E-state index is 0.569. The summed E-state index contributed by atoms with van der Waals surface area (Å²) >= 11 is 0. The highest BCUT2D eigenvalue weighted by Gasteiger charge is 2.42. The molecule has 3 atom stereocenters. The lowest BCUT2D eigenvalue weighted by atomic mass is 9.71. The average molecular weight is 251 g/mol. The maximum absolute atomic E-state index is 3.71. The summed E-state index contributed by atoms with van der Waals surface area (Å²) in [6.45, 7) is 10.6. The van der Waals surface area contributed by atoms with Gasteiger partial charge in [0, 0.05) is 12.6 Å². The van der Waals surface area contributed by atoms with Gasteiger partial charge >= 0.3 is 0 Å². The second-order valence-corrected chi connectivity index (χ2v) is 7.38. The van der Waals surface area contributed by atoms with Crippen LogP contribution in [-0.2, 0) is 0 Å². The van der Waals surface area contributed by atoms with Gasteiger partial charge in [-0.15, -0.1) is 0 Å². The van der Waals surface area contributed by atoms with Gasteiger partial charge in [-0.3, -0.25) is 0 Å². The lowest BCUT2D eigenvalue weighted by molar-refractivity contribution is 0.151. The van der Waals surface area contributed by atoms with E-state index in [9.17, 15) is 0 Å². The van der Waals surface area contributed by atoms with Gasteiger partial charge in [0.05, 0.1) is 0 Å². The van der Waals surface area contributed by atoms with E-state index >= 15 is 0 Å². The molecule has 0 radical (unpaired) electrons. The number of hydrogen-bond acceptors (Lipinski definition) is 1. The molecule has 106 valence electrons. The molecule has 2 aliphatic carbocycles. The van der Waals surface area contributed by atoms with Crippen molar-refractivity contribution in [3.8, 4) is 0 Å². The van der Waals surface area contributed by atoms with Crippen LogP contribution in [0.2, 0.25) is 0 Å². The summed E-state index contributed by atoms with van der Waals surface area (Å²) < 4.78 is 0. The van der Waals surface area contributed by atoms with Gasteiger partial charge in [-0.25, -0.2) is 0 Å². The quantitative estimate of drug-likeness (QED) is 0.696.